The monoisotopic (exact) mass is 619 g/mol. The highest BCUT2D eigenvalue weighted by Crippen LogP contribution is 2.28. The molecule has 0 aliphatic rings. The van der Waals surface area contributed by atoms with Crippen LogP contribution in [0, 0.1) is 11.8 Å². The molecule has 0 radical (unpaired) electrons. The molecule has 2 unspecified atom stereocenters. The van der Waals surface area contributed by atoms with E-state index >= 15 is 0 Å². The second-order valence-electron chi connectivity index (χ2n) is 10.3. The Morgan fingerprint density at radius 2 is 1.82 bits per heavy atom. The lowest BCUT2D eigenvalue weighted by Gasteiger charge is -2.21. The second-order valence-corrected chi connectivity index (χ2v) is 11.3. The number of fused-ring (bicyclic) bond motifs is 1. The maximum absolute atomic E-state index is 14.4. The van der Waals surface area contributed by atoms with Crippen molar-refractivity contribution in [1.29, 1.82) is 0 Å². The number of rotatable bonds is 8. The number of pyridine rings is 1. The third-order valence-electron chi connectivity index (χ3n) is 7.36. The number of amides is 1. The average molecular weight is 620 g/mol. The fraction of sp³-hybridized carbons (Fsp3) is 0.182. The Balaban J connectivity index is 1.63. The van der Waals surface area contributed by atoms with Crippen LogP contribution in [0.25, 0.3) is 16.5 Å². The van der Waals surface area contributed by atoms with Crippen LogP contribution in [0.3, 0.4) is 0 Å². The number of nitrogens with zero attached hydrogens (tertiary/aromatic N) is 6. The Bertz CT molecular complexity index is 2060. The summed E-state index contributed by atoms with van der Waals surface area (Å²) in [6.07, 6.45) is 4.66. The first kappa shape index (κ1) is 31.1. The number of benzene rings is 2. The fourth-order valence-electron chi connectivity index (χ4n) is 5.24. The number of hydrogen-bond acceptors (Lipinski definition) is 8. The zero-order valence-electron chi connectivity index (χ0n) is 25.4. The lowest BCUT2D eigenvalue weighted by molar-refractivity contribution is 0.0940. The molecule has 11 nitrogen and oxygen atoms in total. The molecule has 3 heterocycles. The van der Waals surface area contributed by atoms with Crippen LogP contribution in [0.4, 0.5) is 11.6 Å². The molecule has 0 spiro atoms. The Morgan fingerprint density at radius 3 is 2.53 bits per heavy atom. The summed E-state index contributed by atoms with van der Waals surface area (Å²) in [5, 5.41) is 18.5. The third kappa shape index (κ3) is 6.04. The van der Waals surface area contributed by atoms with E-state index in [1.54, 1.807) is 29.4 Å². The number of nitrogens with two attached hydrogens (primary N) is 2. The van der Waals surface area contributed by atoms with Crippen molar-refractivity contribution in [3.8, 4) is 17.5 Å². The van der Waals surface area contributed by atoms with E-state index in [-0.39, 0.29) is 28.0 Å². The summed E-state index contributed by atoms with van der Waals surface area (Å²) in [6.45, 7) is 7.43. The number of para-hydroxylation sites is 1. The second kappa shape index (κ2) is 13.1. The molecule has 0 bridgehead atoms. The SMILES string of the molecule is C=C/C=N\c1c(C(=O)NC(C)c2cc3cccc(C#Cc4cnn(C)c4C(C)SN)c3c(=O)n2-c2ccccc2)c(N)nn1C. The number of nitrogens with one attached hydrogen (secondary N) is 1. The van der Waals surface area contributed by atoms with Crippen molar-refractivity contribution >= 4 is 46.5 Å². The van der Waals surface area contributed by atoms with E-state index in [1.165, 1.54) is 28.9 Å². The fourth-order valence-corrected chi connectivity index (χ4v) is 5.65. The van der Waals surface area contributed by atoms with E-state index in [0.717, 1.165) is 11.3 Å². The maximum Gasteiger partial charge on any atom is 0.264 e. The van der Waals surface area contributed by atoms with E-state index in [9.17, 15) is 9.59 Å². The minimum Gasteiger partial charge on any atom is -0.381 e. The third-order valence-corrected chi connectivity index (χ3v) is 7.99. The van der Waals surface area contributed by atoms with Crippen LogP contribution >= 0.6 is 11.9 Å². The maximum atomic E-state index is 14.4. The van der Waals surface area contributed by atoms with Gasteiger partial charge in [-0.05, 0) is 43.5 Å². The Morgan fingerprint density at radius 1 is 1.09 bits per heavy atom. The molecule has 5 N–H and O–H groups in total. The molecule has 2 aromatic carbocycles. The zero-order valence-corrected chi connectivity index (χ0v) is 26.2. The number of nitrogen functional groups attached to an aromatic ring is 1. The van der Waals surface area contributed by atoms with Gasteiger partial charge in [-0.25, -0.2) is 9.67 Å². The van der Waals surface area contributed by atoms with Crippen molar-refractivity contribution in [2.75, 3.05) is 5.73 Å². The largest absolute Gasteiger partial charge is 0.381 e. The predicted molar refractivity (Wildman–Crippen MR) is 181 cm³/mol. The molecule has 0 aliphatic heterocycles. The summed E-state index contributed by atoms with van der Waals surface area (Å²) < 4.78 is 4.79. The van der Waals surface area contributed by atoms with Gasteiger partial charge in [0.1, 0.15) is 5.56 Å². The first-order valence-corrected chi connectivity index (χ1v) is 15.0. The number of hydrogen-bond donors (Lipinski definition) is 3. The number of aryl methyl sites for hydroxylation is 2. The summed E-state index contributed by atoms with van der Waals surface area (Å²) in [5.41, 5.74) is 9.38. The highest BCUT2D eigenvalue weighted by molar-refractivity contribution is 7.97. The number of carbonyl (C=O) groups excluding carboxylic acids is 1. The first-order valence-electron chi connectivity index (χ1n) is 14.1. The summed E-state index contributed by atoms with van der Waals surface area (Å²) >= 11 is 1.22. The quantitative estimate of drug-likeness (QED) is 0.132. The van der Waals surface area contributed by atoms with Gasteiger partial charge in [-0.1, -0.05) is 66.8 Å². The van der Waals surface area contributed by atoms with Crippen LogP contribution < -0.4 is 21.7 Å². The summed E-state index contributed by atoms with van der Waals surface area (Å²) in [4.78, 5) is 32.2. The van der Waals surface area contributed by atoms with Gasteiger partial charge in [0, 0.05) is 37.3 Å². The van der Waals surface area contributed by atoms with Gasteiger partial charge in [-0.15, -0.1) is 0 Å². The van der Waals surface area contributed by atoms with Crippen LogP contribution in [0.5, 0.6) is 0 Å². The Labute approximate surface area is 264 Å². The van der Waals surface area contributed by atoms with Crippen molar-refractivity contribution in [2.24, 2.45) is 24.2 Å². The smallest absolute Gasteiger partial charge is 0.264 e. The number of aliphatic imine (C=N–C) groups is 1. The lowest BCUT2D eigenvalue weighted by atomic mass is 10.0. The van der Waals surface area contributed by atoms with Gasteiger partial charge in [-0.3, -0.25) is 24.0 Å². The summed E-state index contributed by atoms with van der Waals surface area (Å²) in [7, 11) is 3.50. The highest BCUT2D eigenvalue weighted by atomic mass is 32.2. The molecule has 228 valence electrons. The molecule has 5 aromatic rings. The van der Waals surface area contributed by atoms with Crippen molar-refractivity contribution in [3.05, 3.63) is 112 Å². The number of anilines is 1. The Kier molecular flexibility index (Phi) is 9.03. The molecule has 5 rings (SSSR count). The van der Waals surface area contributed by atoms with Crippen molar-refractivity contribution < 1.29 is 4.79 Å². The van der Waals surface area contributed by atoms with E-state index in [2.05, 4.69) is 38.9 Å². The molecule has 45 heavy (non-hydrogen) atoms. The number of aromatic nitrogens is 5. The minimum absolute atomic E-state index is 0.0178. The normalized spacial score (nSPS) is 12.6. The van der Waals surface area contributed by atoms with E-state index in [0.29, 0.717) is 27.7 Å². The summed E-state index contributed by atoms with van der Waals surface area (Å²) in [5.74, 6) is 6.27. The van der Waals surface area contributed by atoms with Crippen LogP contribution in [0.15, 0.2) is 83.2 Å². The average Bonchev–Trinajstić information content (AvgIpc) is 3.55. The number of allylic oxidation sites excluding steroid dienone is 1. The molecule has 0 aliphatic carbocycles. The molecule has 12 heteroatoms. The molecule has 3 aromatic heterocycles. The van der Waals surface area contributed by atoms with Crippen molar-refractivity contribution in [3.63, 3.8) is 0 Å². The van der Waals surface area contributed by atoms with E-state index < -0.39 is 11.9 Å². The van der Waals surface area contributed by atoms with Crippen LogP contribution in [0.2, 0.25) is 0 Å². The summed E-state index contributed by atoms with van der Waals surface area (Å²) in [6, 6.07) is 16.1. The van der Waals surface area contributed by atoms with Gasteiger partial charge in [0.2, 0.25) is 0 Å². The van der Waals surface area contributed by atoms with E-state index in [4.69, 9.17) is 10.9 Å². The zero-order chi connectivity index (χ0) is 32.2. The topological polar surface area (TPSA) is 151 Å². The number of carbonyl (C=O) groups is 1. The van der Waals surface area contributed by atoms with E-state index in [1.807, 2.05) is 68.6 Å². The van der Waals surface area contributed by atoms with Gasteiger partial charge in [0.25, 0.3) is 11.5 Å². The highest BCUT2D eigenvalue weighted by Gasteiger charge is 2.25. The van der Waals surface area contributed by atoms with Gasteiger partial charge >= 0.3 is 0 Å². The lowest BCUT2D eigenvalue weighted by Crippen LogP contribution is -2.32. The van der Waals surface area contributed by atoms with Crippen molar-refractivity contribution in [1.82, 2.24) is 29.4 Å². The standard InChI is InChI=1S/C33H33N9O2S/c1-6-17-36-31-28(30(34)39-41(31)5)32(43)38-20(2)26-18-23-12-10-11-22(15-16-24-19-37-40(4)29(24)21(3)45-35)27(23)33(44)42(26)25-13-8-7-9-14-25/h6-14,17-21H,1,35H2,2-5H3,(H2,34,39)(H,38,43)/b36-17-. The van der Waals surface area contributed by atoms with Gasteiger partial charge in [0.05, 0.1) is 34.1 Å². The van der Waals surface area contributed by atoms with Gasteiger partial charge < -0.3 is 11.1 Å². The molecule has 0 saturated carbocycles. The van der Waals surface area contributed by atoms with Gasteiger partial charge in [0.15, 0.2) is 11.6 Å². The first-order chi connectivity index (χ1) is 21.7. The molecule has 0 fully saturated rings. The molecule has 0 saturated heterocycles. The molecular formula is C33H33N9O2S. The molecule has 1 amide bonds. The molecular weight excluding hydrogens is 586 g/mol. The molecule has 2 atom stereocenters. The van der Waals surface area contributed by atoms with Crippen LogP contribution in [-0.2, 0) is 14.1 Å². The predicted octanol–water partition coefficient (Wildman–Crippen LogP) is 4.49. The van der Waals surface area contributed by atoms with Crippen LogP contribution in [0.1, 0.15) is 58.0 Å². The van der Waals surface area contributed by atoms with Gasteiger partial charge in [-0.2, -0.15) is 10.2 Å². The minimum atomic E-state index is -0.617. The van der Waals surface area contributed by atoms with Crippen molar-refractivity contribution in [2.45, 2.75) is 25.1 Å². The van der Waals surface area contributed by atoms with Crippen LogP contribution in [-0.4, -0.2) is 36.2 Å². The Hall–Kier alpha value is -5.38.